The zero-order valence-electron chi connectivity index (χ0n) is 33.4. The lowest BCUT2D eigenvalue weighted by atomic mass is 9.90. The normalized spacial score (nSPS) is 14.0. The Bertz CT molecular complexity index is 3500. The SMILES string of the molecule is C1=CC(c2cccc3c2oc2ccccc23)CC=C1N(c1ccc(-c2ccc(-n3c4ccccc4c4c5ccccc5ccc43)cc2)cc1)c1cccc(-c2ccccc2)c1. The van der Waals surface area contributed by atoms with Gasteiger partial charge in [-0.15, -0.1) is 0 Å². The Hall–Kier alpha value is -7.88. The van der Waals surface area contributed by atoms with Gasteiger partial charge in [0.05, 0.1) is 11.0 Å². The van der Waals surface area contributed by atoms with Crippen molar-refractivity contribution in [2.45, 2.75) is 12.3 Å². The van der Waals surface area contributed by atoms with E-state index in [1.807, 2.05) is 6.07 Å². The van der Waals surface area contributed by atoms with Gasteiger partial charge in [0.15, 0.2) is 0 Å². The molecule has 2 heterocycles. The van der Waals surface area contributed by atoms with Crippen molar-refractivity contribution < 1.29 is 4.42 Å². The summed E-state index contributed by atoms with van der Waals surface area (Å²) in [4.78, 5) is 2.39. The van der Waals surface area contributed by atoms with E-state index in [4.69, 9.17) is 4.42 Å². The predicted molar refractivity (Wildman–Crippen MR) is 256 cm³/mol. The van der Waals surface area contributed by atoms with E-state index in [0.29, 0.717) is 0 Å². The van der Waals surface area contributed by atoms with E-state index in [1.54, 1.807) is 0 Å². The fraction of sp³-hybridized carbons (Fsp3) is 0.0345. The van der Waals surface area contributed by atoms with Crippen LogP contribution in [0.2, 0.25) is 0 Å². The maximum Gasteiger partial charge on any atom is 0.139 e. The summed E-state index contributed by atoms with van der Waals surface area (Å²) in [6.45, 7) is 0. The first-order chi connectivity index (χ1) is 30.2. The lowest BCUT2D eigenvalue weighted by Gasteiger charge is -2.29. The number of anilines is 2. The molecule has 0 fully saturated rings. The summed E-state index contributed by atoms with van der Waals surface area (Å²) < 4.78 is 8.86. The molecule has 0 bridgehead atoms. The standard InChI is InChI=1S/C58H40N2O/c1-2-12-39(13-3-1)44-15-10-16-48(38-44)59(46-35-28-43(29-36-46)50-20-11-21-52-51-18-7-9-23-56(51)61-58(50)52)45-31-24-40(25-32-45)41-26-33-47(34-27-41)60-54-22-8-6-19-53(54)57-49-17-5-4-14-42(49)30-37-55(57)60/h1-28,30-38,43H,29H2. The number of fused-ring (bicyclic) bond motifs is 8. The van der Waals surface area contributed by atoms with Crippen molar-refractivity contribution in [1.29, 1.82) is 0 Å². The Morgan fingerprint density at radius 2 is 1.15 bits per heavy atom. The second-order valence-electron chi connectivity index (χ2n) is 16.0. The van der Waals surface area contributed by atoms with Crippen LogP contribution in [0.1, 0.15) is 17.9 Å². The van der Waals surface area contributed by atoms with Gasteiger partial charge >= 0.3 is 0 Å². The highest BCUT2D eigenvalue weighted by atomic mass is 16.3. The molecule has 0 aliphatic heterocycles. The molecular weight excluding hydrogens is 741 g/mol. The molecule has 1 unspecified atom stereocenters. The molecule has 288 valence electrons. The van der Waals surface area contributed by atoms with E-state index in [0.717, 1.165) is 45.7 Å². The summed E-state index contributed by atoms with van der Waals surface area (Å²) in [6.07, 6.45) is 7.88. The second kappa shape index (κ2) is 14.4. The lowest BCUT2D eigenvalue weighted by Crippen LogP contribution is -2.17. The number of aromatic nitrogens is 1. The molecule has 2 aromatic heterocycles. The Labute approximate surface area is 354 Å². The van der Waals surface area contributed by atoms with Crippen LogP contribution in [0.3, 0.4) is 0 Å². The number of para-hydroxylation sites is 3. The smallest absolute Gasteiger partial charge is 0.139 e. The van der Waals surface area contributed by atoms with Gasteiger partial charge in [0.2, 0.25) is 0 Å². The van der Waals surface area contributed by atoms with Crippen molar-refractivity contribution in [3.8, 4) is 27.9 Å². The van der Waals surface area contributed by atoms with Crippen LogP contribution in [0, 0.1) is 0 Å². The summed E-state index contributed by atoms with van der Waals surface area (Å²) in [7, 11) is 0. The first-order valence-electron chi connectivity index (χ1n) is 21.1. The minimum absolute atomic E-state index is 0.206. The monoisotopic (exact) mass is 780 g/mol. The van der Waals surface area contributed by atoms with Crippen LogP contribution in [-0.2, 0) is 0 Å². The molecule has 0 saturated heterocycles. The second-order valence-corrected chi connectivity index (χ2v) is 16.0. The number of hydrogen-bond acceptors (Lipinski definition) is 2. The summed E-state index contributed by atoms with van der Waals surface area (Å²) >= 11 is 0. The third kappa shape index (κ3) is 5.97. The molecule has 3 heteroatoms. The number of rotatable bonds is 7. The summed E-state index contributed by atoms with van der Waals surface area (Å²) in [6, 6.07) is 74.4. The molecule has 0 amide bonds. The van der Waals surface area contributed by atoms with Crippen molar-refractivity contribution in [2.24, 2.45) is 0 Å². The van der Waals surface area contributed by atoms with Crippen LogP contribution in [0.25, 0.3) is 82.5 Å². The maximum absolute atomic E-state index is 6.46. The van der Waals surface area contributed by atoms with E-state index in [9.17, 15) is 0 Å². The maximum atomic E-state index is 6.46. The molecule has 0 N–H and O–H groups in total. The third-order valence-corrected chi connectivity index (χ3v) is 12.5. The number of nitrogens with zero attached hydrogens (tertiary/aromatic N) is 2. The van der Waals surface area contributed by atoms with Crippen LogP contribution in [0.15, 0.2) is 235 Å². The number of allylic oxidation sites excluding steroid dienone is 3. The van der Waals surface area contributed by atoms with Gasteiger partial charge in [0.1, 0.15) is 11.2 Å². The van der Waals surface area contributed by atoms with Gasteiger partial charge in [0.25, 0.3) is 0 Å². The molecule has 11 aromatic rings. The van der Waals surface area contributed by atoms with Crippen molar-refractivity contribution >= 4 is 65.9 Å². The van der Waals surface area contributed by atoms with Crippen LogP contribution in [0.4, 0.5) is 11.4 Å². The molecule has 0 radical (unpaired) electrons. The van der Waals surface area contributed by atoms with Crippen LogP contribution in [0.5, 0.6) is 0 Å². The fourth-order valence-electron chi connectivity index (χ4n) is 9.59. The molecule has 1 aliphatic carbocycles. The molecule has 1 aliphatic rings. The zero-order valence-corrected chi connectivity index (χ0v) is 33.4. The van der Waals surface area contributed by atoms with E-state index in [2.05, 4.69) is 228 Å². The Kier molecular flexibility index (Phi) is 8.31. The van der Waals surface area contributed by atoms with E-state index in [-0.39, 0.29) is 5.92 Å². The highest BCUT2D eigenvalue weighted by molar-refractivity contribution is 6.21. The van der Waals surface area contributed by atoms with E-state index < -0.39 is 0 Å². The molecule has 1 atom stereocenters. The van der Waals surface area contributed by atoms with E-state index in [1.165, 1.54) is 65.8 Å². The van der Waals surface area contributed by atoms with Crippen LogP contribution in [-0.4, -0.2) is 4.57 Å². The van der Waals surface area contributed by atoms with Crippen LogP contribution < -0.4 is 4.90 Å². The van der Waals surface area contributed by atoms with Crippen molar-refractivity contribution in [3.63, 3.8) is 0 Å². The van der Waals surface area contributed by atoms with Crippen molar-refractivity contribution in [2.75, 3.05) is 4.90 Å². The highest BCUT2D eigenvalue weighted by Crippen LogP contribution is 2.41. The molecule has 0 saturated carbocycles. The van der Waals surface area contributed by atoms with Gasteiger partial charge in [-0.1, -0.05) is 164 Å². The topological polar surface area (TPSA) is 21.3 Å². The molecule has 3 nitrogen and oxygen atoms in total. The molecule has 0 spiro atoms. The van der Waals surface area contributed by atoms with Gasteiger partial charge < -0.3 is 13.9 Å². The number of hydrogen-bond donors (Lipinski definition) is 0. The average molecular weight is 781 g/mol. The molecule has 61 heavy (non-hydrogen) atoms. The molecular formula is C58H40N2O. The van der Waals surface area contributed by atoms with Gasteiger partial charge in [-0.25, -0.2) is 0 Å². The zero-order chi connectivity index (χ0) is 40.3. The summed E-state index contributed by atoms with van der Waals surface area (Å²) in [5.74, 6) is 0.206. The number of furan rings is 1. The fourth-order valence-corrected chi connectivity index (χ4v) is 9.59. The van der Waals surface area contributed by atoms with Gasteiger partial charge in [0, 0.05) is 55.8 Å². The highest BCUT2D eigenvalue weighted by Gasteiger charge is 2.22. The minimum Gasteiger partial charge on any atom is -0.456 e. The van der Waals surface area contributed by atoms with Gasteiger partial charge in [-0.2, -0.15) is 0 Å². The van der Waals surface area contributed by atoms with Crippen molar-refractivity contribution in [1.82, 2.24) is 4.57 Å². The van der Waals surface area contributed by atoms with E-state index >= 15 is 0 Å². The van der Waals surface area contributed by atoms with Gasteiger partial charge in [-0.05, 0) is 100 Å². The summed E-state index contributed by atoms with van der Waals surface area (Å²) in [5, 5.41) is 7.45. The minimum atomic E-state index is 0.206. The van der Waals surface area contributed by atoms with Crippen LogP contribution >= 0.6 is 0 Å². The Morgan fingerprint density at radius 3 is 1.97 bits per heavy atom. The predicted octanol–water partition coefficient (Wildman–Crippen LogP) is 15.9. The lowest BCUT2D eigenvalue weighted by molar-refractivity contribution is 0.657. The third-order valence-electron chi connectivity index (χ3n) is 12.5. The van der Waals surface area contributed by atoms with Crippen molar-refractivity contribution in [3.05, 3.63) is 236 Å². The quantitative estimate of drug-likeness (QED) is 0.161. The first kappa shape index (κ1) is 35.1. The molecule has 12 rings (SSSR count). The van der Waals surface area contributed by atoms with Gasteiger partial charge in [-0.3, -0.25) is 0 Å². The Balaban J connectivity index is 0.890. The average Bonchev–Trinajstić information content (AvgIpc) is 3.89. The molecule has 9 aromatic carbocycles. The number of benzene rings is 9. The Morgan fingerprint density at radius 1 is 0.475 bits per heavy atom. The first-order valence-corrected chi connectivity index (χ1v) is 21.1. The largest absolute Gasteiger partial charge is 0.456 e. The summed E-state index contributed by atoms with van der Waals surface area (Å²) in [5.41, 5.74) is 14.8.